The Morgan fingerprint density at radius 1 is 1.40 bits per heavy atom. The summed E-state index contributed by atoms with van der Waals surface area (Å²) in [4.78, 5) is 2.69. The van der Waals surface area contributed by atoms with Crippen molar-refractivity contribution in [3.05, 3.63) is 17.5 Å². The van der Waals surface area contributed by atoms with Crippen LogP contribution in [0, 0.1) is 12.8 Å². The van der Waals surface area contributed by atoms with E-state index in [4.69, 9.17) is 0 Å². The molecule has 1 aliphatic carbocycles. The van der Waals surface area contributed by atoms with Crippen LogP contribution in [0.4, 0.5) is 0 Å². The largest absolute Gasteiger partial charge is 0.313 e. The molecule has 4 heteroatoms. The van der Waals surface area contributed by atoms with Crippen molar-refractivity contribution in [2.45, 2.75) is 51.6 Å². The van der Waals surface area contributed by atoms with Crippen LogP contribution in [0.2, 0.25) is 0 Å². The first kappa shape index (κ1) is 14.1. The first-order valence-electron chi connectivity index (χ1n) is 8.11. The minimum Gasteiger partial charge on any atom is -0.313 e. The molecule has 3 rings (SSSR count). The van der Waals surface area contributed by atoms with Gasteiger partial charge in [-0.3, -0.25) is 9.58 Å². The summed E-state index contributed by atoms with van der Waals surface area (Å²) in [5.74, 6) is 0.941. The molecular formula is C16H28N4. The first-order chi connectivity index (χ1) is 9.63. The average molecular weight is 276 g/mol. The van der Waals surface area contributed by atoms with Crippen LogP contribution in [0.1, 0.15) is 49.9 Å². The van der Waals surface area contributed by atoms with Gasteiger partial charge in [0, 0.05) is 44.0 Å². The standard InChI is InChI=1S/C16H28N4/c1-12-16(11-19(3)18-12)13(2)20(9-14-6-7-14)10-15-5-4-8-17-15/h11,13-15,17H,4-10H2,1-3H3. The number of aromatic nitrogens is 2. The third-order valence-corrected chi connectivity index (χ3v) is 4.86. The second kappa shape index (κ2) is 5.86. The Kier molecular flexibility index (Phi) is 4.13. The summed E-state index contributed by atoms with van der Waals surface area (Å²) in [7, 11) is 2.02. The Labute approximate surface area is 122 Å². The summed E-state index contributed by atoms with van der Waals surface area (Å²) < 4.78 is 1.95. The van der Waals surface area contributed by atoms with E-state index < -0.39 is 0 Å². The highest BCUT2D eigenvalue weighted by Gasteiger charge is 2.30. The molecule has 0 amide bonds. The Morgan fingerprint density at radius 3 is 2.75 bits per heavy atom. The molecule has 0 bridgehead atoms. The fraction of sp³-hybridized carbons (Fsp3) is 0.812. The molecule has 4 nitrogen and oxygen atoms in total. The molecule has 2 heterocycles. The van der Waals surface area contributed by atoms with Gasteiger partial charge in [0.1, 0.15) is 0 Å². The minimum absolute atomic E-state index is 0.478. The number of nitrogens with one attached hydrogen (secondary N) is 1. The normalized spacial score (nSPS) is 24.5. The van der Waals surface area contributed by atoms with Crippen LogP contribution in [0.5, 0.6) is 0 Å². The maximum atomic E-state index is 4.52. The van der Waals surface area contributed by atoms with Crippen LogP contribution in [-0.4, -0.2) is 40.4 Å². The fourth-order valence-corrected chi connectivity index (χ4v) is 3.44. The maximum absolute atomic E-state index is 4.52. The van der Waals surface area contributed by atoms with Gasteiger partial charge in [0.2, 0.25) is 0 Å². The summed E-state index contributed by atoms with van der Waals surface area (Å²) >= 11 is 0. The van der Waals surface area contributed by atoms with Gasteiger partial charge in [-0.25, -0.2) is 0 Å². The molecule has 0 spiro atoms. The zero-order chi connectivity index (χ0) is 14.1. The fourth-order valence-electron chi connectivity index (χ4n) is 3.44. The van der Waals surface area contributed by atoms with Crippen molar-refractivity contribution < 1.29 is 0 Å². The van der Waals surface area contributed by atoms with Crippen molar-refractivity contribution in [3.8, 4) is 0 Å². The predicted octanol–water partition coefficient (Wildman–Crippen LogP) is 2.25. The molecule has 1 N–H and O–H groups in total. The highest BCUT2D eigenvalue weighted by Crippen LogP contribution is 2.33. The van der Waals surface area contributed by atoms with Crippen molar-refractivity contribution in [3.63, 3.8) is 0 Å². The number of hydrogen-bond acceptors (Lipinski definition) is 3. The Bertz CT molecular complexity index is 443. The second-order valence-electron chi connectivity index (χ2n) is 6.71. The van der Waals surface area contributed by atoms with Gasteiger partial charge in [0.15, 0.2) is 0 Å². The van der Waals surface area contributed by atoms with E-state index in [-0.39, 0.29) is 0 Å². The van der Waals surface area contributed by atoms with E-state index in [0.717, 1.165) is 5.92 Å². The van der Waals surface area contributed by atoms with Crippen LogP contribution in [0.15, 0.2) is 6.20 Å². The number of aryl methyl sites for hydroxylation is 2. The van der Waals surface area contributed by atoms with Gasteiger partial charge in [-0.2, -0.15) is 5.10 Å². The SMILES string of the molecule is Cc1nn(C)cc1C(C)N(CC1CC1)CC1CCCN1. The van der Waals surface area contributed by atoms with Gasteiger partial charge in [-0.15, -0.1) is 0 Å². The minimum atomic E-state index is 0.478. The maximum Gasteiger partial charge on any atom is 0.0641 e. The summed E-state index contributed by atoms with van der Waals surface area (Å²) in [5, 5.41) is 8.16. The van der Waals surface area contributed by atoms with Crippen LogP contribution in [-0.2, 0) is 7.05 Å². The van der Waals surface area contributed by atoms with Gasteiger partial charge in [0.25, 0.3) is 0 Å². The van der Waals surface area contributed by atoms with Crippen molar-refractivity contribution >= 4 is 0 Å². The van der Waals surface area contributed by atoms with Crippen LogP contribution >= 0.6 is 0 Å². The van der Waals surface area contributed by atoms with Crippen LogP contribution in [0.25, 0.3) is 0 Å². The third kappa shape index (κ3) is 3.23. The van der Waals surface area contributed by atoms with Gasteiger partial charge in [0.05, 0.1) is 5.69 Å². The zero-order valence-corrected chi connectivity index (χ0v) is 13.1. The second-order valence-corrected chi connectivity index (χ2v) is 6.71. The molecule has 2 aliphatic rings. The molecule has 1 aromatic rings. The lowest BCUT2D eigenvalue weighted by molar-refractivity contribution is 0.183. The van der Waals surface area contributed by atoms with Gasteiger partial charge in [-0.1, -0.05) is 0 Å². The summed E-state index contributed by atoms with van der Waals surface area (Å²) in [6.07, 6.45) is 7.71. The topological polar surface area (TPSA) is 33.1 Å². The number of hydrogen-bond donors (Lipinski definition) is 1. The Morgan fingerprint density at radius 2 is 2.20 bits per heavy atom. The van der Waals surface area contributed by atoms with E-state index in [1.807, 2.05) is 11.7 Å². The van der Waals surface area contributed by atoms with E-state index in [1.165, 1.54) is 56.6 Å². The highest BCUT2D eigenvalue weighted by molar-refractivity contribution is 5.19. The van der Waals surface area contributed by atoms with E-state index in [2.05, 4.69) is 35.4 Å². The monoisotopic (exact) mass is 276 g/mol. The molecule has 112 valence electrons. The molecule has 0 aromatic carbocycles. The van der Waals surface area contributed by atoms with Crippen molar-refractivity contribution in [2.24, 2.45) is 13.0 Å². The molecule has 0 radical (unpaired) electrons. The summed E-state index contributed by atoms with van der Waals surface area (Å²) in [6.45, 7) is 8.12. The average Bonchev–Trinajstić information content (AvgIpc) is 2.94. The smallest absolute Gasteiger partial charge is 0.0641 e. The Balaban J connectivity index is 1.70. The van der Waals surface area contributed by atoms with Gasteiger partial charge in [-0.05, 0) is 52.0 Å². The van der Waals surface area contributed by atoms with Gasteiger partial charge < -0.3 is 5.32 Å². The molecule has 1 saturated heterocycles. The van der Waals surface area contributed by atoms with E-state index in [0.29, 0.717) is 12.1 Å². The summed E-state index contributed by atoms with van der Waals surface area (Å²) in [5.41, 5.74) is 2.58. The predicted molar refractivity (Wildman–Crippen MR) is 81.7 cm³/mol. The van der Waals surface area contributed by atoms with Crippen LogP contribution < -0.4 is 5.32 Å². The lowest BCUT2D eigenvalue weighted by Gasteiger charge is -2.31. The molecule has 2 unspecified atom stereocenters. The van der Waals surface area contributed by atoms with Crippen LogP contribution in [0.3, 0.4) is 0 Å². The van der Waals surface area contributed by atoms with E-state index >= 15 is 0 Å². The Hall–Kier alpha value is -0.870. The quantitative estimate of drug-likeness (QED) is 0.865. The van der Waals surface area contributed by atoms with E-state index in [9.17, 15) is 0 Å². The van der Waals surface area contributed by atoms with Crippen molar-refractivity contribution in [1.29, 1.82) is 0 Å². The highest BCUT2D eigenvalue weighted by atomic mass is 15.3. The lowest BCUT2D eigenvalue weighted by Crippen LogP contribution is -2.40. The lowest BCUT2D eigenvalue weighted by atomic mass is 10.1. The van der Waals surface area contributed by atoms with Crippen molar-refractivity contribution in [2.75, 3.05) is 19.6 Å². The molecule has 1 aliphatic heterocycles. The molecule has 1 aromatic heterocycles. The first-order valence-corrected chi connectivity index (χ1v) is 8.11. The van der Waals surface area contributed by atoms with Gasteiger partial charge >= 0.3 is 0 Å². The third-order valence-electron chi connectivity index (χ3n) is 4.86. The molecule has 20 heavy (non-hydrogen) atoms. The zero-order valence-electron chi connectivity index (χ0n) is 13.1. The molecule has 2 atom stereocenters. The van der Waals surface area contributed by atoms with Crippen molar-refractivity contribution in [1.82, 2.24) is 20.0 Å². The summed E-state index contributed by atoms with van der Waals surface area (Å²) in [6, 6.07) is 1.17. The molecule has 1 saturated carbocycles. The molecular weight excluding hydrogens is 248 g/mol. The van der Waals surface area contributed by atoms with E-state index in [1.54, 1.807) is 0 Å². The number of nitrogens with zero attached hydrogens (tertiary/aromatic N) is 3. The molecule has 2 fully saturated rings. The number of rotatable bonds is 6.